The molecule has 0 N–H and O–H groups in total. The Balaban J connectivity index is 2.20. The molecule has 0 atom stereocenters. The molecule has 0 saturated heterocycles. The van der Waals surface area contributed by atoms with Gasteiger partial charge in [0.15, 0.2) is 11.5 Å². The van der Waals surface area contributed by atoms with Gasteiger partial charge in [-0.15, -0.1) is 22.9 Å². The topological polar surface area (TPSA) is 31.4 Å². The summed E-state index contributed by atoms with van der Waals surface area (Å²) in [5.74, 6) is 1.82. The third-order valence-corrected chi connectivity index (χ3v) is 4.27. The van der Waals surface area contributed by atoms with Crippen molar-refractivity contribution in [2.45, 2.75) is 26.3 Å². The molecule has 0 saturated carbocycles. The van der Waals surface area contributed by atoms with Crippen molar-refractivity contribution in [1.82, 2.24) is 4.98 Å². The number of hydrogen-bond acceptors (Lipinski definition) is 4. The summed E-state index contributed by atoms with van der Waals surface area (Å²) in [6, 6.07) is 3.85. The largest absolute Gasteiger partial charge is 0.490 e. The van der Waals surface area contributed by atoms with Crippen molar-refractivity contribution in [3.8, 4) is 11.5 Å². The maximum atomic E-state index is 5.87. The summed E-state index contributed by atoms with van der Waals surface area (Å²) in [6.45, 7) is 4.91. The molecule has 2 aromatic rings. The van der Waals surface area contributed by atoms with Crippen LogP contribution in [0.15, 0.2) is 22.0 Å². The predicted octanol–water partition coefficient (Wildman–Crippen LogP) is 4.93. The second kappa shape index (κ2) is 7.29. The molecule has 0 radical (unpaired) electrons. The van der Waals surface area contributed by atoms with Gasteiger partial charge in [0.2, 0.25) is 0 Å². The molecule has 1 aromatic carbocycles. The molecular formula is C14H15BrClNO2S. The number of hydrogen-bond donors (Lipinski definition) is 0. The Morgan fingerprint density at radius 1 is 1.35 bits per heavy atom. The van der Waals surface area contributed by atoms with Crippen molar-refractivity contribution in [2.24, 2.45) is 0 Å². The van der Waals surface area contributed by atoms with E-state index in [1.165, 1.54) is 0 Å². The van der Waals surface area contributed by atoms with E-state index >= 15 is 0 Å². The molecule has 0 aliphatic rings. The molecule has 0 unspecified atom stereocenters. The van der Waals surface area contributed by atoms with Gasteiger partial charge in [0.25, 0.3) is 0 Å². The Hall–Kier alpha value is -0.780. The van der Waals surface area contributed by atoms with Crippen LogP contribution in [0.5, 0.6) is 11.5 Å². The minimum Gasteiger partial charge on any atom is -0.490 e. The lowest BCUT2D eigenvalue weighted by atomic mass is 10.2. The smallest absolute Gasteiger partial charge is 0.175 e. The fraction of sp³-hybridized carbons (Fsp3) is 0.357. The fourth-order valence-corrected chi connectivity index (χ4v) is 3.08. The van der Waals surface area contributed by atoms with Crippen molar-refractivity contribution < 1.29 is 9.47 Å². The van der Waals surface area contributed by atoms with Crippen molar-refractivity contribution in [2.75, 3.05) is 6.61 Å². The highest BCUT2D eigenvalue weighted by atomic mass is 79.9. The lowest BCUT2D eigenvalue weighted by Gasteiger charge is -2.14. The van der Waals surface area contributed by atoms with E-state index in [9.17, 15) is 0 Å². The number of aryl methyl sites for hydroxylation is 1. The van der Waals surface area contributed by atoms with Crippen molar-refractivity contribution >= 4 is 38.9 Å². The summed E-state index contributed by atoms with van der Waals surface area (Å²) in [5.41, 5.74) is 1.90. The highest BCUT2D eigenvalue weighted by Gasteiger charge is 2.13. The molecule has 0 fully saturated rings. The van der Waals surface area contributed by atoms with Crippen LogP contribution in [-0.4, -0.2) is 11.6 Å². The third-order valence-electron chi connectivity index (χ3n) is 2.55. The van der Waals surface area contributed by atoms with Crippen LogP contribution in [0.2, 0.25) is 0 Å². The third kappa shape index (κ3) is 3.87. The van der Waals surface area contributed by atoms with Gasteiger partial charge >= 0.3 is 0 Å². The van der Waals surface area contributed by atoms with Crippen LogP contribution in [0.25, 0.3) is 0 Å². The molecule has 0 amide bonds. The summed E-state index contributed by atoms with van der Waals surface area (Å²) >= 11 is 11.0. The van der Waals surface area contributed by atoms with Gasteiger partial charge < -0.3 is 9.47 Å². The molecule has 0 aliphatic heterocycles. The quantitative estimate of drug-likeness (QED) is 0.670. The standard InChI is InChI=1S/C14H15BrClNO2S/c1-3-18-13-5-10(6-16)4-12(15)14(13)19-7-11-8-20-9(2)17-11/h4-5,8H,3,6-7H2,1-2H3. The van der Waals surface area contributed by atoms with Gasteiger partial charge in [-0.05, 0) is 47.5 Å². The second-order valence-electron chi connectivity index (χ2n) is 4.12. The lowest BCUT2D eigenvalue weighted by molar-refractivity contribution is 0.265. The van der Waals surface area contributed by atoms with Crippen LogP contribution < -0.4 is 9.47 Å². The molecule has 0 bridgehead atoms. The van der Waals surface area contributed by atoms with Crippen LogP contribution in [0.1, 0.15) is 23.2 Å². The Morgan fingerprint density at radius 3 is 2.75 bits per heavy atom. The Bertz CT molecular complexity index is 589. The van der Waals surface area contributed by atoms with E-state index < -0.39 is 0 Å². The summed E-state index contributed by atoms with van der Waals surface area (Å²) < 4.78 is 12.3. The summed E-state index contributed by atoms with van der Waals surface area (Å²) in [7, 11) is 0. The summed E-state index contributed by atoms with van der Waals surface area (Å²) in [5, 5.41) is 3.03. The molecule has 2 rings (SSSR count). The van der Waals surface area contributed by atoms with Crippen LogP contribution in [0, 0.1) is 6.92 Å². The number of benzene rings is 1. The number of alkyl halides is 1. The lowest BCUT2D eigenvalue weighted by Crippen LogP contribution is -2.01. The fourth-order valence-electron chi connectivity index (χ4n) is 1.72. The SMILES string of the molecule is CCOc1cc(CCl)cc(Br)c1OCc1csc(C)n1. The van der Waals surface area contributed by atoms with Crippen LogP contribution >= 0.6 is 38.9 Å². The van der Waals surface area contributed by atoms with Crippen LogP contribution in [0.3, 0.4) is 0 Å². The van der Waals surface area contributed by atoms with Gasteiger partial charge in [0.05, 0.1) is 21.8 Å². The molecule has 1 aromatic heterocycles. The van der Waals surface area contributed by atoms with Crippen LogP contribution in [0.4, 0.5) is 0 Å². The summed E-state index contributed by atoms with van der Waals surface area (Å²) in [6.07, 6.45) is 0. The average molecular weight is 377 g/mol. The van der Waals surface area contributed by atoms with E-state index in [-0.39, 0.29) is 0 Å². The van der Waals surface area contributed by atoms with Gasteiger partial charge in [-0.2, -0.15) is 0 Å². The van der Waals surface area contributed by atoms with E-state index in [1.54, 1.807) is 11.3 Å². The molecular weight excluding hydrogens is 362 g/mol. The van der Waals surface area contributed by atoms with E-state index in [0.717, 1.165) is 20.7 Å². The first-order chi connectivity index (χ1) is 9.63. The van der Waals surface area contributed by atoms with Gasteiger partial charge in [-0.3, -0.25) is 0 Å². The number of ether oxygens (including phenoxy) is 2. The molecule has 6 heteroatoms. The molecule has 0 aliphatic carbocycles. The minimum atomic E-state index is 0.420. The zero-order valence-corrected chi connectivity index (χ0v) is 14.4. The Labute approximate surface area is 136 Å². The molecule has 20 heavy (non-hydrogen) atoms. The zero-order valence-electron chi connectivity index (χ0n) is 11.3. The van der Waals surface area contributed by atoms with Gasteiger partial charge in [-0.1, -0.05) is 0 Å². The highest BCUT2D eigenvalue weighted by Crippen LogP contribution is 2.37. The first kappa shape index (κ1) is 15.6. The van der Waals surface area contributed by atoms with E-state index in [0.29, 0.717) is 30.6 Å². The predicted molar refractivity (Wildman–Crippen MR) is 86.1 cm³/mol. The normalized spacial score (nSPS) is 10.6. The van der Waals surface area contributed by atoms with E-state index in [1.807, 2.05) is 31.4 Å². The number of nitrogens with zero attached hydrogens (tertiary/aromatic N) is 1. The first-order valence-corrected chi connectivity index (χ1v) is 8.39. The molecule has 108 valence electrons. The van der Waals surface area contributed by atoms with Gasteiger partial charge in [0, 0.05) is 11.3 Å². The van der Waals surface area contributed by atoms with Gasteiger partial charge in [-0.25, -0.2) is 4.98 Å². The molecule has 1 heterocycles. The number of halogens is 2. The Morgan fingerprint density at radius 2 is 2.15 bits per heavy atom. The Kier molecular flexibility index (Phi) is 5.69. The van der Waals surface area contributed by atoms with E-state index in [2.05, 4.69) is 20.9 Å². The van der Waals surface area contributed by atoms with Crippen molar-refractivity contribution in [1.29, 1.82) is 0 Å². The highest BCUT2D eigenvalue weighted by molar-refractivity contribution is 9.10. The van der Waals surface area contributed by atoms with Crippen molar-refractivity contribution in [3.63, 3.8) is 0 Å². The number of thiazole rings is 1. The molecule has 0 spiro atoms. The van der Waals surface area contributed by atoms with E-state index in [4.69, 9.17) is 21.1 Å². The molecule has 3 nitrogen and oxygen atoms in total. The summed E-state index contributed by atoms with van der Waals surface area (Å²) in [4.78, 5) is 4.38. The average Bonchev–Trinajstić information content (AvgIpc) is 2.83. The zero-order chi connectivity index (χ0) is 14.5. The monoisotopic (exact) mass is 375 g/mol. The maximum Gasteiger partial charge on any atom is 0.175 e. The number of rotatable bonds is 6. The second-order valence-corrected chi connectivity index (χ2v) is 6.30. The maximum absolute atomic E-state index is 5.87. The van der Waals surface area contributed by atoms with Crippen LogP contribution in [-0.2, 0) is 12.5 Å². The number of aromatic nitrogens is 1. The minimum absolute atomic E-state index is 0.420. The first-order valence-electron chi connectivity index (χ1n) is 6.19. The van der Waals surface area contributed by atoms with Gasteiger partial charge in [0.1, 0.15) is 6.61 Å². The van der Waals surface area contributed by atoms with Crippen molar-refractivity contribution in [3.05, 3.63) is 38.3 Å².